The van der Waals surface area contributed by atoms with Crippen LogP contribution in [0.3, 0.4) is 0 Å². The Morgan fingerprint density at radius 2 is 1.67 bits per heavy atom. The molecule has 1 saturated heterocycles. The van der Waals surface area contributed by atoms with Crippen molar-refractivity contribution in [1.82, 2.24) is 14.9 Å². The molecule has 0 saturated carbocycles. The molecule has 24 heavy (non-hydrogen) atoms. The van der Waals surface area contributed by atoms with E-state index in [0.29, 0.717) is 0 Å². The summed E-state index contributed by atoms with van der Waals surface area (Å²) in [4.78, 5) is 13.0. The van der Waals surface area contributed by atoms with Crippen LogP contribution >= 0.6 is 0 Å². The molecule has 1 N–H and O–H groups in total. The quantitative estimate of drug-likeness (QED) is 0.934. The monoisotopic (exact) mass is 326 g/mol. The molecule has 3 rings (SSSR count). The van der Waals surface area contributed by atoms with Gasteiger partial charge in [0.1, 0.15) is 0 Å². The molecule has 5 heteroatoms. The number of hydrogen-bond donors (Lipinski definition) is 1. The Morgan fingerprint density at radius 1 is 1.08 bits per heavy atom. The van der Waals surface area contributed by atoms with Gasteiger partial charge >= 0.3 is 0 Å². The largest absolute Gasteiger partial charge is 0.385 e. The third kappa shape index (κ3) is 3.74. The van der Waals surface area contributed by atoms with Gasteiger partial charge in [0.2, 0.25) is 5.95 Å². The highest BCUT2D eigenvalue weighted by atomic mass is 16.3. The van der Waals surface area contributed by atoms with Crippen LogP contribution < -0.4 is 4.90 Å². The third-order valence-corrected chi connectivity index (χ3v) is 4.77. The maximum absolute atomic E-state index is 11.0. The topological polar surface area (TPSA) is 52.5 Å². The van der Waals surface area contributed by atoms with Gasteiger partial charge in [0.05, 0.1) is 5.60 Å². The van der Waals surface area contributed by atoms with Crippen LogP contribution in [0.4, 0.5) is 5.95 Å². The van der Waals surface area contributed by atoms with E-state index in [1.165, 1.54) is 5.56 Å². The second-order valence-electron chi connectivity index (χ2n) is 6.96. The number of nitrogens with zero attached hydrogens (tertiary/aromatic N) is 4. The van der Waals surface area contributed by atoms with Crippen LogP contribution in [0.1, 0.15) is 29.5 Å². The first-order chi connectivity index (χ1) is 11.5. The van der Waals surface area contributed by atoms with Crippen molar-refractivity contribution >= 4 is 5.95 Å². The van der Waals surface area contributed by atoms with Gasteiger partial charge in [-0.3, -0.25) is 4.90 Å². The summed E-state index contributed by atoms with van der Waals surface area (Å²) in [7, 11) is 3.87. The van der Waals surface area contributed by atoms with Crippen molar-refractivity contribution in [2.45, 2.75) is 31.9 Å². The van der Waals surface area contributed by atoms with Crippen LogP contribution in [0.5, 0.6) is 0 Å². The van der Waals surface area contributed by atoms with Crippen molar-refractivity contribution < 1.29 is 5.11 Å². The summed E-state index contributed by atoms with van der Waals surface area (Å²) >= 11 is 0. The molecular formula is C19H26N4O. The van der Waals surface area contributed by atoms with Gasteiger partial charge in [-0.1, -0.05) is 29.8 Å². The van der Waals surface area contributed by atoms with Crippen molar-refractivity contribution in [1.29, 1.82) is 0 Å². The molecule has 1 aliphatic heterocycles. The number of aryl methyl sites for hydroxylation is 1. The Balaban J connectivity index is 1.59. The fourth-order valence-corrected chi connectivity index (χ4v) is 3.15. The molecule has 1 aromatic heterocycles. The zero-order valence-electron chi connectivity index (χ0n) is 14.7. The first-order valence-electron chi connectivity index (χ1n) is 8.46. The first-order valence-corrected chi connectivity index (χ1v) is 8.46. The highest BCUT2D eigenvalue weighted by Crippen LogP contribution is 2.33. The lowest BCUT2D eigenvalue weighted by atomic mass is 9.84. The van der Waals surface area contributed by atoms with Crippen molar-refractivity contribution in [3.63, 3.8) is 0 Å². The lowest BCUT2D eigenvalue weighted by Crippen LogP contribution is -2.42. The molecule has 5 nitrogen and oxygen atoms in total. The molecule has 0 amide bonds. The Hall–Kier alpha value is -1.98. The molecular weight excluding hydrogens is 300 g/mol. The van der Waals surface area contributed by atoms with Gasteiger partial charge in [-0.2, -0.15) is 0 Å². The van der Waals surface area contributed by atoms with Crippen molar-refractivity contribution in [3.8, 4) is 0 Å². The van der Waals surface area contributed by atoms with Crippen LogP contribution in [0.15, 0.2) is 36.7 Å². The summed E-state index contributed by atoms with van der Waals surface area (Å²) in [6.07, 6.45) is 5.30. The molecule has 0 unspecified atom stereocenters. The lowest BCUT2D eigenvalue weighted by Gasteiger charge is -2.38. The molecule has 1 fully saturated rings. The summed E-state index contributed by atoms with van der Waals surface area (Å²) in [6.45, 7) is 4.65. The maximum Gasteiger partial charge on any atom is 0.224 e. The number of likely N-dealkylation sites (tertiary alicyclic amines) is 1. The molecule has 1 aromatic carbocycles. The lowest BCUT2D eigenvalue weighted by molar-refractivity contribution is -0.0277. The zero-order chi connectivity index (χ0) is 17.2. The summed E-state index contributed by atoms with van der Waals surface area (Å²) < 4.78 is 0. The fourth-order valence-electron chi connectivity index (χ4n) is 3.15. The minimum Gasteiger partial charge on any atom is -0.385 e. The Labute approximate surface area is 144 Å². The van der Waals surface area contributed by atoms with Gasteiger partial charge in [-0.05, 0) is 25.3 Å². The summed E-state index contributed by atoms with van der Waals surface area (Å²) in [5.41, 5.74) is 2.67. The number of benzene rings is 1. The normalized spacial score (nSPS) is 17.7. The van der Waals surface area contributed by atoms with E-state index in [-0.39, 0.29) is 0 Å². The fraction of sp³-hybridized carbons (Fsp3) is 0.474. The Morgan fingerprint density at radius 3 is 2.21 bits per heavy atom. The van der Waals surface area contributed by atoms with Crippen LogP contribution in [0.25, 0.3) is 0 Å². The maximum atomic E-state index is 11.0. The molecule has 2 aromatic rings. The molecule has 2 heterocycles. The van der Waals surface area contributed by atoms with Crippen molar-refractivity contribution in [3.05, 3.63) is 53.3 Å². The van der Waals surface area contributed by atoms with E-state index < -0.39 is 5.60 Å². The van der Waals surface area contributed by atoms with E-state index in [2.05, 4.69) is 46.1 Å². The number of aliphatic hydroxyl groups is 1. The molecule has 0 radical (unpaired) electrons. The molecule has 0 atom stereocenters. The number of aromatic nitrogens is 2. The van der Waals surface area contributed by atoms with Crippen molar-refractivity contribution in [2.24, 2.45) is 0 Å². The van der Waals surface area contributed by atoms with Gasteiger partial charge in [0, 0.05) is 51.7 Å². The summed E-state index contributed by atoms with van der Waals surface area (Å²) in [6, 6.07) is 8.25. The van der Waals surface area contributed by atoms with Crippen LogP contribution in [-0.2, 0) is 12.1 Å². The second-order valence-corrected chi connectivity index (χ2v) is 6.96. The molecule has 1 aliphatic rings. The molecule has 128 valence electrons. The SMILES string of the molecule is Cc1ccc(C2(O)CCN(Cc3cnc(N(C)C)nc3)CC2)cc1. The minimum atomic E-state index is -0.699. The number of rotatable bonds is 4. The van der Waals surface area contributed by atoms with Gasteiger partial charge in [0.25, 0.3) is 0 Å². The number of anilines is 1. The van der Waals surface area contributed by atoms with Gasteiger partial charge in [0.15, 0.2) is 0 Å². The van der Waals surface area contributed by atoms with E-state index in [9.17, 15) is 5.11 Å². The van der Waals surface area contributed by atoms with E-state index in [4.69, 9.17) is 0 Å². The molecule has 0 bridgehead atoms. The second kappa shape index (κ2) is 6.87. The van der Waals surface area contributed by atoms with E-state index in [1.54, 1.807) is 0 Å². The Kier molecular flexibility index (Phi) is 4.83. The van der Waals surface area contributed by atoms with Crippen LogP contribution in [0, 0.1) is 6.92 Å². The number of piperidine rings is 1. The summed E-state index contributed by atoms with van der Waals surface area (Å²) in [5.74, 6) is 0.728. The van der Waals surface area contributed by atoms with Crippen LogP contribution in [0.2, 0.25) is 0 Å². The van der Waals surface area contributed by atoms with E-state index >= 15 is 0 Å². The van der Waals surface area contributed by atoms with Crippen LogP contribution in [-0.4, -0.2) is 47.2 Å². The summed E-state index contributed by atoms with van der Waals surface area (Å²) in [5, 5.41) is 11.0. The minimum absolute atomic E-state index is 0.699. The van der Waals surface area contributed by atoms with Crippen molar-refractivity contribution in [2.75, 3.05) is 32.1 Å². The standard InChI is InChI=1S/C19H26N4O/c1-15-4-6-17(7-5-15)19(24)8-10-23(11-9-19)14-16-12-20-18(21-13-16)22(2)3/h4-7,12-13,24H,8-11,14H2,1-3H3. The highest BCUT2D eigenvalue weighted by molar-refractivity contribution is 5.28. The zero-order valence-corrected chi connectivity index (χ0v) is 14.7. The van der Waals surface area contributed by atoms with E-state index in [0.717, 1.165) is 49.6 Å². The van der Waals surface area contributed by atoms with Gasteiger partial charge in [-0.25, -0.2) is 9.97 Å². The highest BCUT2D eigenvalue weighted by Gasteiger charge is 2.33. The third-order valence-electron chi connectivity index (χ3n) is 4.77. The first kappa shape index (κ1) is 16.9. The Bertz CT molecular complexity index is 659. The predicted octanol–water partition coefficient (Wildman–Crippen LogP) is 2.33. The predicted molar refractivity (Wildman–Crippen MR) is 95.9 cm³/mol. The average Bonchev–Trinajstić information content (AvgIpc) is 2.58. The van der Waals surface area contributed by atoms with Gasteiger partial charge < -0.3 is 10.0 Å². The van der Waals surface area contributed by atoms with Gasteiger partial charge in [-0.15, -0.1) is 0 Å². The average molecular weight is 326 g/mol. The molecule has 0 aliphatic carbocycles. The smallest absolute Gasteiger partial charge is 0.224 e. The molecule has 0 spiro atoms. The number of hydrogen-bond acceptors (Lipinski definition) is 5. The van der Waals surface area contributed by atoms with E-state index in [1.807, 2.05) is 31.4 Å².